The molecule has 8 heteroatoms. The van der Waals surface area contributed by atoms with Crippen LogP contribution in [0, 0.1) is 11.3 Å². The van der Waals surface area contributed by atoms with Gasteiger partial charge in [-0.05, 0) is 47.5 Å². The Bertz CT molecular complexity index is 1120. The quantitative estimate of drug-likeness (QED) is 0.494. The molecule has 0 aliphatic carbocycles. The van der Waals surface area contributed by atoms with Crippen LogP contribution in [0.2, 0.25) is 0 Å². The van der Waals surface area contributed by atoms with Crippen LogP contribution in [0.5, 0.6) is 28.9 Å². The Hall–Kier alpha value is -4.51. The van der Waals surface area contributed by atoms with E-state index in [1.807, 2.05) is 12.1 Å². The number of hydrogen-bond donors (Lipinski definition) is 1. The first kappa shape index (κ1) is 22.2. The highest BCUT2D eigenvalue weighted by molar-refractivity contribution is 5.85. The van der Waals surface area contributed by atoms with Gasteiger partial charge in [0.25, 0.3) is 0 Å². The van der Waals surface area contributed by atoms with Crippen LogP contribution in [-0.4, -0.2) is 30.3 Å². The zero-order valence-electron chi connectivity index (χ0n) is 17.4. The molecule has 2 aromatic carbocycles. The lowest BCUT2D eigenvalue weighted by molar-refractivity contribution is -0.131. The highest BCUT2D eigenvalue weighted by Crippen LogP contribution is 2.41. The van der Waals surface area contributed by atoms with Gasteiger partial charge in [-0.25, -0.2) is 9.78 Å². The number of methoxy groups -OCH3 is 2. The molecule has 8 nitrogen and oxygen atoms in total. The molecular weight excluding hydrogens is 412 g/mol. The number of nitrogens with zero attached hydrogens (tertiary/aromatic N) is 2. The molecule has 1 heterocycles. The molecule has 0 aliphatic rings. The molecule has 0 saturated carbocycles. The molecule has 0 radical (unpaired) electrons. The van der Waals surface area contributed by atoms with Crippen LogP contribution in [0.25, 0.3) is 6.08 Å². The normalized spacial score (nSPS) is 10.4. The van der Waals surface area contributed by atoms with Gasteiger partial charge in [0.2, 0.25) is 11.6 Å². The number of carboxylic acids is 1. The van der Waals surface area contributed by atoms with Crippen molar-refractivity contribution >= 4 is 12.0 Å². The summed E-state index contributed by atoms with van der Waals surface area (Å²) in [5.74, 6) is 0.806. The predicted octanol–water partition coefficient (Wildman–Crippen LogP) is 4.44. The average Bonchev–Trinajstić information content (AvgIpc) is 2.82. The van der Waals surface area contributed by atoms with Gasteiger partial charge < -0.3 is 24.1 Å². The number of carbonyl (C=O) groups is 1. The summed E-state index contributed by atoms with van der Waals surface area (Å²) in [4.78, 5) is 15.0. The number of pyridine rings is 1. The summed E-state index contributed by atoms with van der Waals surface area (Å²) < 4.78 is 22.3. The van der Waals surface area contributed by atoms with Crippen LogP contribution < -0.4 is 18.9 Å². The maximum atomic E-state index is 10.8. The Morgan fingerprint density at radius 2 is 1.78 bits per heavy atom. The molecule has 0 bridgehead atoms. The van der Waals surface area contributed by atoms with Crippen molar-refractivity contribution in [1.29, 1.82) is 5.26 Å². The van der Waals surface area contributed by atoms with Gasteiger partial charge in [0.15, 0.2) is 11.5 Å². The van der Waals surface area contributed by atoms with E-state index in [2.05, 4.69) is 11.1 Å². The van der Waals surface area contributed by atoms with Crippen molar-refractivity contribution in [2.75, 3.05) is 14.2 Å². The van der Waals surface area contributed by atoms with Crippen LogP contribution in [-0.2, 0) is 11.4 Å². The van der Waals surface area contributed by atoms with Crippen LogP contribution in [0.3, 0.4) is 0 Å². The smallest absolute Gasteiger partial charge is 0.328 e. The summed E-state index contributed by atoms with van der Waals surface area (Å²) in [6.07, 6.45) is 3.98. The highest BCUT2D eigenvalue weighted by Gasteiger charge is 2.15. The van der Waals surface area contributed by atoms with Gasteiger partial charge >= 0.3 is 5.97 Å². The van der Waals surface area contributed by atoms with Crippen molar-refractivity contribution in [2.24, 2.45) is 0 Å². The fourth-order valence-electron chi connectivity index (χ4n) is 2.72. The first-order valence-corrected chi connectivity index (χ1v) is 9.45. The van der Waals surface area contributed by atoms with Gasteiger partial charge in [0.1, 0.15) is 12.4 Å². The van der Waals surface area contributed by atoms with E-state index >= 15 is 0 Å². The Kier molecular flexibility index (Phi) is 7.28. The lowest BCUT2D eigenvalue weighted by Crippen LogP contribution is -1.98. The zero-order chi connectivity index (χ0) is 22.9. The highest BCUT2D eigenvalue weighted by atomic mass is 16.5. The Morgan fingerprint density at radius 1 is 1.09 bits per heavy atom. The van der Waals surface area contributed by atoms with E-state index in [0.29, 0.717) is 46.6 Å². The lowest BCUT2D eigenvalue weighted by Gasteiger charge is -2.15. The first-order chi connectivity index (χ1) is 15.5. The molecule has 0 unspecified atom stereocenters. The molecule has 0 amide bonds. The summed E-state index contributed by atoms with van der Waals surface area (Å²) in [5, 5.41) is 17.7. The Labute approximate surface area is 184 Å². The van der Waals surface area contributed by atoms with Gasteiger partial charge in [0.05, 0.1) is 32.0 Å². The van der Waals surface area contributed by atoms with E-state index in [-0.39, 0.29) is 0 Å². The maximum Gasteiger partial charge on any atom is 0.328 e. The lowest BCUT2D eigenvalue weighted by atomic mass is 10.1. The molecule has 32 heavy (non-hydrogen) atoms. The number of hydrogen-bond acceptors (Lipinski definition) is 7. The van der Waals surface area contributed by atoms with Gasteiger partial charge in [-0.3, -0.25) is 0 Å². The number of ether oxygens (including phenoxy) is 4. The van der Waals surface area contributed by atoms with E-state index in [0.717, 1.165) is 11.6 Å². The van der Waals surface area contributed by atoms with Crippen molar-refractivity contribution in [2.45, 2.75) is 6.61 Å². The molecule has 0 aliphatic heterocycles. The minimum absolute atomic E-state index is 0.293. The molecule has 162 valence electrons. The van der Waals surface area contributed by atoms with Gasteiger partial charge in [0, 0.05) is 12.1 Å². The average molecular weight is 432 g/mol. The summed E-state index contributed by atoms with van der Waals surface area (Å²) in [5.41, 5.74) is 2.09. The predicted molar refractivity (Wildman–Crippen MR) is 116 cm³/mol. The van der Waals surface area contributed by atoms with E-state index in [9.17, 15) is 4.79 Å². The molecular formula is C24H20N2O6. The van der Waals surface area contributed by atoms with Crippen LogP contribution in [0.4, 0.5) is 0 Å². The SMILES string of the molecule is COc1cc(C=CC(=O)O)cc(OC)c1Oc1ccc(OCc2ccc(C#N)cc2)cn1. The van der Waals surface area contributed by atoms with Crippen LogP contribution in [0.15, 0.2) is 60.8 Å². The third-order valence-electron chi connectivity index (χ3n) is 4.31. The monoisotopic (exact) mass is 432 g/mol. The van der Waals surface area contributed by atoms with E-state index in [1.54, 1.807) is 36.4 Å². The van der Waals surface area contributed by atoms with Crippen molar-refractivity contribution < 1.29 is 28.8 Å². The number of carboxylic acid groups (broad SMARTS) is 1. The van der Waals surface area contributed by atoms with Crippen LogP contribution in [0.1, 0.15) is 16.7 Å². The summed E-state index contributed by atoms with van der Waals surface area (Å²) >= 11 is 0. The first-order valence-electron chi connectivity index (χ1n) is 9.45. The van der Waals surface area contributed by atoms with Crippen molar-refractivity contribution in [1.82, 2.24) is 4.98 Å². The second-order valence-corrected chi connectivity index (χ2v) is 6.46. The molecule has 1 aromatic heterocycles. The maximum absolute atomic E-state index is 10.8. The summed E-state index contributed by atoms with van der Waals surface area (Å²) in [6.45, 7) is 0.334. The van der Waals surface area contributed by atoms with E-state index in [1.165, 1.54) is 26.5 Å². The van der Waals surface area contributed by atoms with E-state index < -0.39 is 5.97 Å². The largest absolute Gasteiger partial charge is 0.493 e. The summed E-state index contributed by atoms with van der Waals surface area (Å²) in [7, 11) is 2.94. The minimum Gasteiger partial charge on any atom is -0.493 e. The number of rotatable bonds is 9. The number of aromatic nitrogens is 1. The van der Waals surface area contributed by atoms with Crippen molar-refractivity contribution in [3.63, 3.8) is 0 Å². The fourth-order valence-corrected chi connectivity index (χ4v) is 2.72. The van der Waals surface area contributed by atoms with Gasteiger partial charge in [-0.1, -0.05) is 12.1 Å². The van der Waals surface area contributed by atoms with Gasteiger partial charge in [-0.2, -0.15) is 5.26 Å². The molecule has 0 atom stereocenters. The Balaban J connectivity index is 1.72. The second-order valence-electron chi connectivity index (χ2n) is 6.46. The minimum atomic E-state index is -1.06. The van der Waals surface area contributed by atoms with Crippen LogP contribution >= 0.6 is 0 Å². The third kappa shape index (κ3) is 5.77. The summed E-state index contributed by atoms with van der Waals surface area (Å²) in [6, 6.07) is 15.8. The Morgan fingerprint density at radius 3 is 2.31 bits per heavy atom. The number of aliphatic carboxylic acids is 1. The zero-order valence-corrected chi connectivity index (χ0v) is 17.4. The number of benzene rings is 2. The number of nitriles is 1. The molecule has 0 spiro atoms. The van der Waals surface area contributed by atoms with Crippen molar-refractivity contribution in [3.05, 3.63) is 77.5 Å². The second kappa shape index (κ2) is 10.5. The van der Waals surface area contributed by atoms with Gasteiger partial charge in [-0.15, -0.1) is 0 Å². The molecule has 0 saturated heterocycles. The molecule has 3 aromatic rings. The standard InChI is InChI=1S/C24H20N2O6/c1-29-20-11-18(7-10-23(27)28)12-21(30-2)24(20)32-22-9-8-19(14-26-22)31-15-17-5-3-16(13-25)4-6-17/h3-12,14H,15H2,1-2H3,(H,27,28). The molecule has 0 fully saturated rings. The van der Waals surface area contributed by atoms with Crippen molar-refractivity contribution in [3.8, 4) is 34.9 Å². The third-order valence-corrected chi connectivity index (χ3v) is 4.31. The molecule has 3 rings (SSSR count). The molecule has 1 N–H and O–H groups in total. The van der Waals surface area contributed by atoms with E-state index in [4.69, 9.17) is 29.3 Å². The topological polar surface area (TPSA) is 111 Å². The fraction of sp³-hybridized carbons (Fsp3) is 0.125.